The molecule has 0 aromatic heterocycles. The highest BCUT2D eigenvalue weighted by atomic mass is 35.5. The van der Waals surface area contributed by atoms with Crippen LogP contribution in [-0.2, 0) is 0 Å². The van der Waals surface area contributed by atoms with E-state index >= 15 is 0 Å². The lowest BCUT2D eigenvalue weighted by Gasteiger charge is -2.38. The number of anilines is 1. The van der Waals surface area contributed by atoms with E-state index in [1.165, 1.54) is 0 Å². The predicted octanol–water partition coefficient (Wildman–Crippen LogP) is 2.05. The quantitative estimate of drug-likeness (QED) is 0.661. The molecule has 0 unspecified atom stereocenters. The topological polar surface area (TPSA) is 58.4 Å². The van der Waals surface area contributed by atoms with Crippen LogP contribution in [0.2, 0.25) is 5.02 Å². The maximum Gasteiger partial charge on any atom is 0.310 e. The van der Waals surface area contributed by atoms with Crippen molar-refractivity contribution in [2.24, 2.45) is 0 Å². The van der Waals surface area contributed by atoms with E-state index in [1.54, 1.807) is 18.2 Å². The Balaban J connectivity index is 2.41. The van der Waals surface area contributed by atoms with Crippen molar-refractivity contribution in [2.45, 2.75) is 13.0 Å². The van der Waals surface area contributed by atoms with Crippen molar-refractivity contribution >= 4 is 23.0 Å². The fourth-order valence-electron chi connectivity index (χ4n) is 2.04. The molecular weight excluding hydrogens is 242 g/mol. The van der Waals surface area contributed by atoms with Crippen LogP contribution in [0.3, 0.4) is 0 Å². The van der Waals surface area contributed by atoms with E-state index in [0.717, 1.165) is 19.6 Å². The summed E-state index contributed by atoms with van der Waals surface area (Å²) < 4.78 is 0. The van der Waals surface area contributed by atoms with Crippen molar-refractivity contribution in [1.82, 2.24) is 5.32 Å². The maximum absolute atomic E-state index is 11.1. The molecule has 1 aliphatic rings. The lowest BCUT2D eigenvalue weighted by atomic mass is 10.1. The Morgan fingerprint density at radius 3 is 2.76 bits per heavy atom. The zero-order valence-corrected chi connectivity index (χ0v) is 10.3. The van der Waals surface area contributed by atoms with Gasteiger partial charge in [-0.1, -0.05) is 17.7 Å². The summed E-state index contributed by atoms with van der Waals surface area (Å²) in [5.41, 5.74) is 0.611. The Bertz CT molecular complexity index is 435. The monoisotopic (exact) mass is 255 g/mol. The molecule has 6 heteroatoms. The van der Waals surface area contributed by atoms with Crippen LogP contribution in [0.5, 0.6) is 0 Å². The lowest BCUT2D eigenvalue weighted by Crippen LogP contribution is -2.57. The molecule has 0 aliphatic carbocycles. The molecule has 0 amide bonds. The smallest absolute Gasteiger partial charge is 0.310 e. The van der Waals surface area contributed by atoms with E-state index < -0.39 is 4.92 Å². The first-order valence-electron chi connectivity index (χ1n) is 5.55. The largest absolute Gasteiger partial charge is 0.361 e. The normalized spacial score (nSPS) is 15.4. The van der Waals surface area contributed by atoms with Crippen molar-refractivity contribution in [3.63, 3.8) is 0 Å². The number of likely N-dealkylation sites (N-methyl/N-ethyl adjacent to an activating group) is 1. The summed E-state index contributed by atoms with van der Waals surface area (Å²) in [5.74, 6) is 0. The van der Waals surface area contributed by atoms with Crippen molar-refractivity contribution in [2.75, 3.05) is 24.5 Å². The van der Waals surface area contributed by atoms with E-state index in [1.807, 2.05) is 11.8 Å². The molecule has 0 atom stereocenters. The molecule has 1 N–H and O–H groups in total. The van der Waals surface area contributed by atoms with Gasteiger partial charge in [-0.25, -0.2) is 0 Å². The SMILES string of the molecule is CCN(c1cccc(Cl)c1[N+](=O)[O-])C1CNC1. The number of hydrogen-bond acceptors (Lipinski definition) is 4. The highest BCUT2D eigenvalue weighted by molar-refractivity contribution is 6.33. The summed E-state index contributed by atoms with van der Waals surface area (Å²) in [5, 5.41) is 14.4. The fraction of sp³-hybridized carbons (Fsp3) is 0.455. The van der Waals surface area contributed by atoms with Gasteiger partial charge >= 0.3 is 5.69 Å². The van der Waals surface area contributed by atoms with Crippen molar-refractivity contribution in [3.8, 4) is 0 Å². The summed E-state index contributed by atoms with van der Waals surface area (Å²) in [7, 11) is 0. The van der Waals surface area contributed by atoms with Crippen LogP contribution in [0.25, 0.3) is 0 Å². The molecule has 1 aliphatic heterocycles. The van der Waals surface area contributed by atoms with E-state index in [9.17, 15) is 10.1 Å². The molecular formula is C11H14ClN3O2. The zero-order valence-electron chi connectivity index (χ0n) is 9.52. The number of rotatable bonds is 4. The standard InChI is InChI=1S/C11H14ClN3O2/c1-2-14(8-6-13-7-8)10-5-3-4-9(12)11(10)15(16)17/h3-5,8,13H,2,6-7H2,1H3. The number of para-hydroxylation sites is 1. The van der Waals surface area contributed by atoms with Gasteiger partial charge in [-0.3, -0.25) is 10.1 Å². The summed E-state index contributed by atoms with van der Waals surface area (Å²) >= 11 is 5.91. The van der Waals surface area contributed by atoms with Crippen molar-refractivity contribution < 1.29 is 4.92 Å². The third kappa shape index (κ3) is 2.21. The van der Waals surface area contributed by atoms with Gasteiger partial charge < -0.3 is 10.2 Å². The first-order chi connectivity index (χ1) is 8.15. The molecule has 0 radical (unpaired) electrons. The molecule has 0 saturated carbocycles. The molecule has 17 heavy (non-hydrogen) atoms. The minimum atomic E-state index is -0.410. The third-order valence-electron chi connectivity index (χ3n) is 3.00. The second-order valence-electron chi connectivity index (χ2n) is 3.96. The van der Waals surface area contributed by atoms with Gasteiger partial charge in [0.05, 0.1) is 11.0 Å². The zero-order chi connectivity index (χ0) is 12.4. The number of nitro groups is 1. The average molecular weight is 256 g/mol. The van der Waals surface area contributed by atoms with Crippen LogP contribution in [0.15, 0.2) is 18.2 Å². The predicted molar refractivity (Wildman–Crippen MR) is 67.8 cm³/mol. The van der Waals surface area contributed by atoms with Gasteiger partial charge in [-0.2, -0.15) is 0 Å². The van der Waals surface area contributed by atoms with Gasteiger partial charge in [0, 0.05) is 19.6 Å². The summed E-state index contributed by atoms with van der Waals surface area (Å²) in [6.45, 7) is 4.44. The molecule has 0 bridgehead atoms. The Morgan fingerprint density at radius 2 is 2.29 bits per heavy atom. The first-order valence-corrected chi connectivity index (χ1v) is 5.93. The van der Waals surface area contributed by atoms with Crippen LogP contribution in [-0.4, -0.2) is 30.6 Å². The van der Waals surface area contributed by atoms with Gasteiger partial charge in [0.2, 0.25) is 0 Å². The molecule has 1 fully saturated rings. The van der Waals surface area contributed by atoms with Crippen LogP contribution in [0, 0.1) is 10.1 Å². The van der Waals surface area contributed by atoms with Crippen LogP contribution < -0.4 is 10.2 Å². The average Bonchev–Trinajstić information content (AvgIpc) is 2.22. The van der Waals surface area contributed by atoms with Crippen molar-refractivity contribution in [1.29, 1.82) is 0 Å². The molecule has 2 rings (SSSR count). The van der Waals surface area contributed by atoms with Crippen LogP contribution >= 0.6 is 11.6 Å². The Labute approximate surface area is 105 Å². The summed E-state index contributed by atoms with van der Waals surface area (Å²) in [6.07, 6.45) is 0. The van der Waals surface area contributed by atoms with Gasteiger partial charge in [-0.05, 0) is 19.1 Å². The Morgan fingerprint density at radius 1 is 1.59 bits per heavy atom. The molecule has 1 heterocycles. The highest BCUT2D eigenvalue weighted by Crippen LogP contribution is 2.36. The molecule has 1 saturated heterocycles. The van der Waals surface area contributed by atoms with E-state index in [4.69, 9.17) is 11.6 Å². The second-order valence-corrected chi connectivity index (χ2v) is 4.37. The van der Waals surface area contributed by atoms with Gasteiger partial charge in [0.1, 0.15) is 10.7 Å². The summed E-state index contributed by atoms with van der Waals surface area (Å²) in [6, 6.07) is 5.37. The summed E-state index contributed by atoms with van der Waals surface area (Å²) in [4.78, 5) is 12.7. The van der Waals surface area contributed by atoms with Crippen molar-refractivity contribution in [3.05, 3.63) is 33.3 Å². The number of hydrogen-bond donors (Lipinski definition) is 1. The molecule has 1 aromatic carbocycles. The highest BCUT2D eigenvalue weighted by Gasteiger charge is 2.29. The Kier molecular flexibility index (Phi) is 3.49. The van der Waals surface area contributed by atoms with Gasteiger partial charge in [-0.15, -0.1) is 0 Å². The fourth-order valence-corrected chi connectivity index (χ4v) is 2.27. The molecule has 5 nitrogen and oxygen atoms in total. The molecule has 0 spiro atoms. The van der Waals surface area contributed by atoms with Crippen LogP contribution in [0.4, 0.5) is 11.4 Å². The third-order valence-corrected chi connectivity index (χ3v) is 3.30. The van der Waals surface area contributed by atoms with Gasteiger partial charge in [0.15, 0.2) is 0 Å². The number of benzene rings is 1. The maximum atomic E-state index is 11.1. The van der Waals surface area contributed by atoms with Crippen LogP contribution in [0.1, 0.15) is 6.92 Å². The molecule has 92 valence electrons. The minimum Gasteiger partial charge on any atom is -0.361 e. The minimum absolute atomic E-state index is 0.00270. The molecule has 1 aromatic rings. The first kappa shape index (κ1) is 12.1. The number of nitrogens with one attached hydrogen (secondary N) is 1. The Hall–Kier alpha value is -1.33. The number of halogens is 1. The van der Waals surface area contributed by atoms with Gasteiger partial charge in [0.25, 0.3) is 0 Å². The lowest BCUT2D eigenvalue weighted by molar-refractivity contribution is -0.384. The van der Waals surface area contributed by atoms with E-state index in [-0.39, 0.29) is 10.7 Å². The number of nitro benzene ring substituents is 1. The second kappa shape index (κ2) is 4.89. The van der Waals surface area contributed by atoms with E-state index in [0.29, 0.717) is 11.7 Å². The number of nitrogens with zero attached hydrogens (tertiary/aromatic N) is 2. The van der Waals surface area contributed by atoms with E-state index in [2.05, 4.69) is 5.32 Å².